The van der Waals surface area contributed by atoms with Gasteiger partial charge in [-0.2, -0.15) is 0 Å². The molecule has 0 spiro atoms. The highest BCUT2D eigenvalue weighted by molar-refractivity contribution is 6.31. The molecule has 0 amide bonds. The predicted octanol–water partition coefficient (Wildman–Crippen LogP) is 5.23. The predicted molar refractivity (Wildman–Crippen MR) is 116 cm³/mol. The van der Waals surface area contributed by atoms with Crippen LogP contribution >= 0.6 is 11.6 Å². The Balaban J connectivity index is 1.76. The second kappa shape index (κ2) is 8.55. The van der Waals surface area contributed by atoms with Gasteiger partial charge in [-0.15, -0.1) is 0 Å². The molecule has 2 fully saturated rings. The van der Waals surface area contributed by atoms with E-state index in [1.165, 1.54) is 0 Å². The van der Waals surface area contributed by atoms with Crippen LogP contribution in [-0.4, -0.2) is 36.4 Å². The lowest BCUT2D eigenvalue weighted by molar-refractivity contribution is -0.126. The molecule has 4 nitrogen and oxygen atoms in total. The third kappa shape index (κ3) is 3.98. The minimum Gasteiger partial charge on any atom is -0.497 e. The van der Waals surface area contributed by atoms with Gasteiger partial charge in [0.15, 0.2) is 0 Å². The van der Waals surface area contributed by atoms with Gasteiger partial charge in [0.2, 0.25) is 0 Å². The molecule has 1 saturated carbocycles. The van der Waals surface area contributed by atoms with Crippen LogP contribution in [0.1, 0.15) is 49.3 Å². The van der Waals surface area contributed by atoms with Gasteiger partial charge in [-0.05, 0) is 37.0 Å². The molecule has 1 saturated heterocycles. The number of likely N-dealkylation sites (tertiary alicyclic amines) is 1. The van der Waals surface area contributed by atoms with Gasteiger partial charge < -0.3 is 14.6 Å². The fourth-order valence-electron chi connectivity index (χ4n) is 5.24. The van der Waals surface area contributed by atoms with Gasteiger partial charge in [-0.1, -0.05) is 48.7 Å². The summed E-state index contributed by atoms with van der Waals surface area (Å²) >= 11 is 6.48. The van der Waals surface area contributed by atoms with E-state index in [4.69, 9.17) is 21.1 Å². The van der Waals surface area contributed by atoms with E-state index in [1.807, 2.05) is 30.3 Å². The lowest BCUT2D eigenvalue weighted by Gasteiger charge is -2.53. The molecule has 1 N–H and O–H groups in total. The van der Waals surface area contributed by atoms with Gasteiger partial charge in [-0.25, -0.2) is 0 Å². The van der Waals surface area contributed by atoms with Crippen molar-refractivity contribution in [3.8, 4) is 11.5 Å². The van der Waals surface area contributed by atoms with Crippen molar-refractivity contribution in [2.75, 3.05) is 20.8 Å². The first-order chi connectivity index (χ1) is 14.1. The molecule has 0 bridgehead atoms. The Kier molecular flexibility index (Phi) is 6.05. The molecule has 2 aromatic rings. The van der Waals surface area contributed by atoms with Crippen LogP contribution in [0, 0.1) is 5.92 Å². The average Bonchev–Trinajstić information content (AvgIpc) is 2.75. The summed E-state index contributed by atoms with van der Waals surface area (Å²) in [6.07, 6.45) is 4.96. The van der Waals surface area contributed by atoms with E-state index < -0.39 is 5.60 Å². The first-order valence-corrected chi connectivity index (χ1v) is 10.9. The molecule has 0 radical (unpaired) electrons. The Hall–Kier alpha value is -1.75. The number of rotatable bonds is 5. The summed E-state index contributed by atoms with van der Waals surface area (Å²) in [6.45, 7) is 1.59. The van der Waals surface area contributed by atoms with Crippen molar-refractivity contribution < 1.29 is 14.6 Å². The van der Waals surface area contributed by atoms with Crippen molar-refractivity contribution in [1.82, 2.24) is 4.90 Å². The number of benzene rings is 2. The van der Waals surface area contributed by atoms with Crippen LogP contribution in [0.15, 0.2) is 42.5 Å². The Bertz CT molecular complexity index is 858. The van der Waals surface area contributed by atoms with E-state index in [0.717, 1.165) is 72.8 Å². The number of hydrogen-bond donors (Lipinski definition) is 1. The van der Waals surface area contributed by atoms with Crippen LogP contribution in [0.2, 0.25) is 5.02 Å². The molecular weight excluding hydrogens is 386 g/mol. The number of aliphatic hydroxyl groups is 1. The van der Waals surface area contributed by atoms with Crippen LogP contribution in [0.4, 0.5) is 0 Å². The largest absolute Gasteiger partial charge is 0.497 e. The molecule has 4 rings (SSSR count). The molecule has 1 aliphatic carbocycles. The maximum absolute atomic E-state index is 11.5. The summed E-state index contributed by atoms with van der Waals surface area (Å²) < 4.78 is 11.2. The SMILES string of the molecule is COc1ccc([C@@H]2[C@H]3CCCC[C@@]3(O)CCN2Cc2ccccc2Cl)c(OC)c1. The van der Waals surface area contributed by atoms with Crippen LogP contribution in [0.25, 0.3) is 0 Å². The number of hydrogen-bond acceptors (Lipinski definition) is 4. The zero-order valence-electron chi connectivity index (χ0n) is 17.2. The molecule has 3 atom stereocenters. The van der Waals surface area contributed by atoms with Crippen LogP contribution in [-0.2, 0) is 6.54 Å². The Morgan fingerprint density at radius 1 is 1.10 bits per heavy atom. The zero-order valence-corrected chi connectivity index (χ0v) is 18.0. The van der Waals surface area contributed by atoms with Crippen LogP contribution in [0.3, 0.4) is 0 Å². The maximum Gasteiger partial charge on any atom is 0.127 e. The van der Waals surface area contributed by atoms with Gasteiger partial charge in [-0.3, -0.25) is 4.90 Å². The number of nitrogens with zero attached hydrogens (tertiary/aromatic N) is 1. The Morgan fingerprint density at radius 2 is 1.93 bits per heavy atom. The summed E-state index contributed by atoms with van der Waals surface area (Å²) in [5.74, 6) is 1.76. The molecule has 2 aromatic carbocycles. The van der Waals surface area contributed by atoms with Crippen molar-refractivity contribution in [2.45, 2.75) is 50.3 Å². The van der Waals surface area contributed by atoms with E-state index in [0.29, 0.717) is 0 Å². The van der Waals surface area contributed by atoms with Crippen LogP contribution < -0.4 is 9.47 Å². The third-order valence-electron chi connectivity index (χ3n) is 6.76. The second-order valence-corrected chi connectivity index (χ2v) is 8.73. The molecule has 1 aliphatic heterocycles. The lowest BCUT2D eigenvalue weighted by atomic mass is 9.66. The monoisotopic (exact) mass is 415 g/mol. The summed E-state index contributed by atoms with van der Waals surface area (Å²) in [6, 6.07) is 14.1. The topological polar surface area (TPSA) is 41.9 Å². The minimum atomic E-state index is -0.606. The van der Waals surface area contributed by atoms with Crippen molar-refractivity contribution in [2.24, 2.45) is 5.92 Å². The molecule has 0 aromatic heterocycles. The Labute approximate surface area is 178 Å². The minimum absolute atomic E-state index is 0.0752. The fraction of sp³-hybridized carbons (Fsp3) is 0.500. The summed E-state index contributed by atoms with van der Waals surface area (Å²) in [5, 5.41) is 12.3. The first-order valence-electron chi connectivity index (χ1n) is 10.5. The molecule has 29 heavy (non-hydrogen) atoms. The Morgan fingerprint density at radius 3 is 2.69 bits per heavy atom. The molecule has 1 heterocycles. The number of halogens is 1. The lowest BCUT2D eigenvalue weighted by Crippen LogP contribution is -2.54. The molecule has 2 aliphatic rings. The van der Waals surface area contributed by atoms with E-state index in [2.05, 4.69) is 17.0 Å². The number of piperidine rings is 1. The number of methoxy groups -OCH3 is 2. The van der Waals surface area contributed by atoms with E-state index in [9.17, 15) is 5.11 Å². The normalized spacial score (nSPS) is 27.3. The maximum atomic E-state index is 11.5. The zero-order chi connectivity index (χ0) is 20.4. The van der Waals surface area contributed by atoms with Crippen molar-refractivity contribution in [3.63, 3.8) is 0 Å². The van der Waals surface area contributed by atoms with Gasteiger partial charge >= 0.3 is 0 Å². The highest BCUT2D eigenvalue weighted by atomic mass is 35.5. The van der Waals surface area contributed by atoms with Crippen molar-refractivity contribution in [3.05, 3.63) is 58.6 Å². The second-order valence-electron chi connectivity index (χ2n) is 8.32. The standard InChI is InChI=1S/C24H30ClNO3/c1-28-18-10-11-19(22(15-18)29-2)23-20-8-5-6-12-24(20,27)13-14-26(23)16-17-7-3-4-9-21(17)25/h3-4,7,9-11,15,20,23,27H,5-6,8,12-14,16H2,1-2H3/t20-,23-,24-/m1/s1. The molecule has 0 unspecified atom stereocenters. The highest BCUT2D eigenvalue weighted by Gasteiger charge is 2.49. The quantitative estimate of drug-likeness (QED) is 0.726. The molecule has 156 valence electrons. The van der Waals surface area contributed by atoms with E-state index in [-0.39, 0.29) is 12.0 Å². The smallest absolute Gasteiger partial charge is 0.127 e. The number of ether oxygens (including phenoxy) is 2. The van der Waals surface area contributed by atoms with Gasteiger partial charge in [0.1, 0.15) is 11.5 Å². The van der Waals surface area contributed by atoms with Gasteiger partial charge in [0.25, 0.3) is 0 Å². The summed E-state index contributed by atoms with van der Waals surface area (Å²) in [5.41, 5.74) is 1.63. The fourth-order valence-corrected chi connectivity index (χ4v) is 5.44. The number of fused-ring (bicyclic) bond motifs is 1. The van der Waals surface area contributed by atoms with Crippen molar-refractivity contribution in [1.29, 1.82) is 0 Å². The van der Waals surface area contributed by atoms with Crippen LogP contribution in [0.5, 0.6) is 11.5 Å². The van der Waals surface area contributed by atoms with E-state index >= 15 is 0 Å². The van der Waals surface area contributed by atoms with Crippen molar-refractivity contribution >= 4 is 11.6 Å². The molecule has 5 heteroatoms. The van der Waals surface area contributed by atoms with Gasteiger partial charge in [0.05, 0.1) is 19.8 Å². The summed E-state index contributed by atoms with van der Waals surface area (Å²) in [7, 11) is 3.37. The van der Waals surface area contributed by atoms with E-state index in [1.54, 1.807) is 14.2 Å². The summed E-state index contributed by atoms with van der Waals surface area (Å²) in [4.78, 5) is 2.47. The van der Waals surface area contributed by atoms with Gasteiger partial charge in [0, 0.05) is 41.7 Å². The first kappa shape index (κ1) is 20.5. The highest BCUT2D eigenvalue weighted by Crippen LogP contribution is 2.51. The third-order valence-corrected chi connectivity index (χ3v) is 7.13. The molecular formula is C24H30ClNO3. The average molecular weight is 416 g/mol.